The number of methoxy groups -OCH3 is 1. The standard InChI is InChI=1S/C12H14Br2N2O2/c1-18-7-9-3-2-4-16(9)12(17)11-10(14)5-8(13)6-15-11/h5-6,9H,2-4,7H2,1H3. The lowest BCUT2D eigenvalue weighted by atomic mass is 10.2. The van der Waals surface area contributed by atoms with E-state index in [-0.39, 0.29) is 11.9 Å². The van der Waals surface area contributed by atoms with Gasteiger partial charge < -0.3 is 9.64 Å². The Morgan fingerprint density at radius 1 is 1.61 bits per heavy atom. The third-order valence-corrected chi connectivity index (χ3v) is 4.05. The number of rotatable bonds is 3. The first kappa shape index (κ1) is 14.0. The number of hydrogen-bond donors (Lipinski definition) is 0. The molecule has 6 heteroatoms. The molecule has 0 spiro atoms. The van der Waals surface area contributed by atoms with Crippen molar-refractivity contribution in [2.24, 2.45) is 0 Å². The SMILES string of the molecule is COCC1CCCN1C(=O)c1ncc(Br)cc1Br. The fourth-order valence-electron chi connectivity index (χ4n) is 2.18. The molecule has 0 radical (unpaired) electrons. The molecule has 4 nitrogen and oxygen atoms in total. The van der Waals surface area contributed by atoms with E-state index in [1.165, 1.54) is 0 Å². The Hall–Kier alpha value is -0.460. The summed E-state index contributed by atoms with van der Waals surface area (Å²) in [6, 6.07) is 2.00. The van der Waals surface area contributed by atoms with Gasteiger partial charge in [0.05, 0.1) is 17.1 Å². The van der Waals surface area contributed by atoms with Crippen LogP contribution in [0.2, 0.25) is 0 Å². The zero-order valence-corrected chi connectivity index (χ0v) is 13.2. The van der Waals surface area contributed by atoms with Crippen molar-refractivity contribution in [3.63, 3.8) is 0 Å². The maximum atomic E-state index is 12.4. The summed E-state index contributed by atoms with van der Waals surface area (Å²) >= 11 is 6.71. The van der Waals surface area contributed by atoms with Gasteiger partial charge in [0.15, 0.2) is 0 Å². The van der Waals surface area contributed by atoms with Gasteiger partial charge in [0.2, 0.25) is 0 Å². The first-order chi connectivity index (χ1) is 8.63. The van der Waals surface area contributed by atoms with E-state index in [1.807, 2.05) is 11.0 Å². The molecule has 1 unspecified atom stereocenters. The average molecular weight is 378 g/mol. The molecule has 1 aliphatic heterocycles. The van der Waals surface area contributed by atoms with Crippen LogP contribution in [0.1, 0.15) is 23.3 Å². The number of hydrogen-bond acceptors (Lipinski definition) is 3. The minimum Gasteiger partial charge on any atom is -0.383 e. The number of pyridine rings is 1. The largest absolute Gasteiger partial charge is 0.383 e. The fraction of sp³-hybridized carbons (Fsp3) is 0.500. The number of carbonyl (C=O) groups is 1. The Bertz CT molecular complexity index is 454. The van der Waals surface area contributed by atoms with E-state index in [0.717, 1.165) is 23.9 Å². The van der Waals surface area contributed by atoms with E-state index in [4.69, 9.17) is 4.74 Å². The molecule has 1 fully saturated rings. The van der Waals surface area contributed by atoms with Crippen molar-refractivity contribution in [2.45, 2.75) is 18.9 Å². The van der Waals surface area contributed by atoms with Gasteiger partial charge in [-0.15, -0.1) is 0 Å². The van der Waals surface area contributed by atoms with Crippen LogP contribution in [0.4, 0.5) is 0 Å². The molecule has 0 bridgehead atoms. The zero-order chi connectivity index (χ0) is 13.1. The molecule has 1 saturated heterocycles. The third-order valence-electron chi connectivity index (χ3n) is 3.01. The van der Waals surface area contributed by atoms with E-state index in [9.17, 15) is 4.79 Å². The molecule has 0 saturated carbocycles. The topological polar surface area (TPSA) is 42.4 Å². The summed E-state index contributed by atoms with van der Waals surface area (Å²) in [5.74, 6) is -0.0334. The molecular formula is C12H14Br2N2O2. The lowest BCUT2D eigenvalue weighted by Gasteiger charge is -2.24. The highest BCUT2D eigenvalue weighted by Crippen LogP contribution is 2.25. The smallest absolute Gasteiger partial charge is 0.273 e. The van der Waals surface area contributed by atoms with Gasteiger partial charge in [-0.1, -0.05) is 0 Å². The van der Waals surface area contributed by atoms with Crippen LogP contribution in [-0.2, 0) is 4.74 Å². The predicted molar refractivity (Wildman–Crippen MR) is 75.6 cm³/mol. The van der Waals surface area contributed by atoms with Crippen molar-refractivity contribution in [1.29, 1.82) is 0 Å². The fourth-order valence-corrected chi connectivity index (χ4v) is 3.33. The van der Waals surface area contributed by atoms with Crippen molar-refractivity contribution >= 4 is 37.8 Å². The number of amides is 1. The maximum Gasteiger partial charge on any atom is 0.273 e. The summed E-state index contributed by atoms with van der Waals surface area (Å²) in [6.07, 6.45) is 3.65. The minimum absolute atomic E-state index is 0.0334. The van der Waals surface area contributed by atoms with Gasteiger partial charge in [-0.25, -0.2) is 4.98 Å². The molecule has 0 N–H and O–H groups in total. The van der Waals surface area contributed by atoms with Crippen molar-refractivity contribution in [3.8, 4) is 0 Å². The molecule has 18 heavy (non-hydrogen) atoms. The van der Waals surface area contributed by atoms with Crippen molar-refractivity contribution < 1.29 is 9.53 Å². The second-order valence-corrected chi connectivity index (χ2v) is 6.00. The van der Waals surface area contributed by atoms with Gasteiger partial charge in [0, 0.05) is 24.3 Å². The molecule has 1 aliphatic rings. The summed E-state index contributed by atoms with van der Waals surface area (Å²) in [4.78, 5) is 18.5. The monoisotopic (exact) mass is 376 g/mol. The first-order valence-corrected chi connectivity index (χ1v) is 7.33. The Morgan fingerprint density at radius 2 is 2.39 bits per heavy atom. The van der Waals surface area contributed by atoms with E-state index in [1.54, 1.807) is 13.3 Å². The van der Waals surface area contributed by atoms with Crippen LogP contribution >= 0.6 is 31.9 Å². The van der Waals surface area contributed by atoms with E-state index in [2.05, 4.69) is 36.8 Å². The van der Waals surface area contributed by atoms with Crippen LogP contribution in [-0.4, -0.2) is 42.1 Å². The molecule has 2 heterocycles. The van der Waals surface area contributed by atoms with Crippen LogP contribution in [0.25, 0.3) is 0 Å². The van der Waals surface area contributed by atoms with Crippen LogP contribution in [0.15, 0.2) is 21.2 Å². The summed E-state index contributed by atoms with van der Waals surface area (Å²) in [7, 11) is 1.66. The highest BCUT2D eigenvalue weighted by Gasteiger charge is 2.30. The van der Waals surface area contributed by atoms with Gasteiger partial charge in [-0.05, 0) is 50.8 Å². The third kappa shape index (κ3) is 2.92. The number of aromatic nitrogens is 1. The van der Waals surface area contributed by atoms with E-state index < -0.39 is 0 Å². The Kier molecular flexibility index (Phi) is 4.75. The molecule has 0 aromatic carbocycles. The maximum absolute atomic E-state index is 12.4. The summed E-state index contributed by atoms with van der Waals surface area (Å²) < 4.78 is 6.72. The highest BCUT2D eigenvalue weighted by molar-refractivity contribution is 9.11. The molecule has 1 aromatic rings. The minimum atomic E-state index is -0.0334. The van der Waals surface area contributed by atoms with Crippen LogP contribution in [0, 0.1) is 0 Å². The van der Waals surface area contributed by atoms with Crippen LogP contribution < -0.4 is 0 Å². The predicted octanol–water partition coefficient (Wildman–Crippen LogP) is 2.86. The van der Waals surface area contributed by atoms with Gasteiger partial charge in [0.1, 0.15) is 5.69 Å². The first-order valence-electron chi connectivity index (χ1n) is 5.74. The van der Waals surface area contributed by atoms with E-state index >= 15 is 0 Å². The second kappa shape index (κ2) is 6.12. The number of halogens is 2. The molecule has 98 valence electrons. The van der Waals surface area contributed by atoms with Gasteiger partial charge in [0.25, 0.3) is 5.91 Å². The van der Waals surface area contributed by atoms with Crippen molar-refractivity contribution in [3.05, 3.63) is 26.9 Å². The number of carbonyl (C=O) groups excluding carboxylic acids is 1. The van der Waals surface area contributed by atoms with Gasteiger partial charge in [-0.2, -0.15) is 0 Å². The van der Waals surface area contributed by atoms with Crippen molar-refractivity contribution in [2.75, 3.05) is 20.3 Å². The average Bonchev–Trinajstić information content (AvgIpc) is 2.77. The van der Waals surface area contributed by atoms with Crippen molar-refractivity contribution in [1.82, 2.24) is 9.88 Å². The molecule has 1 aromatic heterocycles. The van der Waals surface area contributed by atoms with Gasteiger partial charge >= 0.3 is 0 Å². The molecule has 1 atom stereocenters. The summed E-state index contributed by atoms with van der Waals surface area (Å²) in [6.45, 7) is 1.36. The highest BCUT2D eigenvalue weighted by atomic mass is 79.9. The van der Waals surface area contributed by atoms with E-state index in [0.29, 0.717) is 16.8 Å². The second-order valence-electron chi connectivity index (χ2n) is 4.23. The number of ether oxygens (including phenoxy) is 1. The Morgan fingerprint density at radius 3 is 3.06 bits per heavy atom. The molecule has 2 rings (SSSR count). The number of nitrogens with zero attached hydrogens (tertiary/aromatic N) is 2. The normalized spacial score (nSPS) is 19.3. The Balaban J connectivity index is 2.20. The van der Waals surface area contributed by atoms with Gasteiger partial charge in [-0.3, -0.25) is 4.79 Å². The van der Waals surface area contributed by atoms with Crippen LogP contribution in [0.3, 0.4) is 0 Å². The van der Waals surface area contributed by atoms with Crippen LogP contribution in [0.5, 0.6) is 0 Å². The Labute approximate surface area is 123 Å². The zero-order valence-electron chi connectivity index (χ0n) is 10.0. The molecular weight excluding hydrogens is 364 g/mol. The lowest BCUT2D eigenvalue weighted by molar-refractivity contribution is 0.0624. The number of likely N-dealkylation sites (tertiary alicyclic amines) is 1. The quantitative estimate of drug-likeness (QED) is 0.813. The summed E-state index contributed by atoms with van der Waals surface area (Å²) in [5, 5.41) is 0. The molecule has 0 aliphatic carbocycles. The lowest BCUT2D eigenvalue weighted by Crippen LogP contribution is -2.38. The summed E-state index contributed by atoms with van der Waals surface area (Å²) in [5.41, 5.74) is 0.459. The molecule has 1 amide bonds.